The van der Waals surface area contributed by atoms with E-state index in [-0.39, 0.29) is 35.9 Å². The molecule has 1 aromatic carbocycles. The molecule has 0 aromatic heterocycles. The zero-order valence-corrected chi connectivity index (χ0v) is 24.0. The Labute approximate surface area is 226 Å². The van der Waals surface area contributed by atoms with Crippen LogP contribution in [0.25, 0.3) is 0 Å². The van der Waals surface area contributed by atoms with E-state index in [9.17, 15) is 9.59 Å². The predicted molar refractivity (Wildman–Crippen MR) is 142 cm³/mol. The van der Waals surface area contributed by atoms with Crippen LogP contribution in [0.5, 0.6) is 11.5 Å². The molecule has 1 aromatic rings. The molecule has 4 rings (SSSR count). The normalized spacial score (nSPS) is 29.9. The molecule has 2 amide bonds. The van der Waals surface area contributed by atoms with Crippen molar-refractivity contribution in [3.8, 4) is 11.5 Å². The summed E-state index contributed by atoms with van der Waals surface area (Å²) in [6.07, 6.45) is 1.81. The third-order valence-corrected chi connectivity index (χ3v) is 9.05. The van der Waals surface area contributed by atoms with E-state index < -0.39 is 24.1 Å². The largest absolute Gasteiger partial charge is 0.497 e. The zero-order valence-electron chi connectivity index (χ0n) is 24.0. The number of rotatable bonds is 9. The minimum Gasteiger partial charge on any atom is -0.497 e. The van der Waals surface area contributed by atoms with Gasteiger partial charge in [0.1, 0.15) is 23.2 Å². The number of fused-ring (bicyclic) bond motifs is 5. The highest BCUT2D eigenvalue weighted by molar-refractivity contribution is 5.82. The zero-order chi connectivity index (χ0) is 27.9. The van der Waals surface area contributed by atoms with Crippen LogP contribution in [0.3, 0.4) is 0 Å². The lowest BCUT2D eigenvalue weighted by Crippen LogP contribution is -2.41. The smallest absolute Gasteiger partial charge is 0.408 e. The van der Waals surface area contributed by atoms with Gasteiger partial charge >= 0.3 is 6.09 Å². The molecule has 3 fully saturated rings. The Morgan fingerprint density at radius 3 is 2.50 bits per heavy atom. The first-order valence-electron chi connectivity index (χ1n) is 13.6. The van der Waals surface area contributed by atoms with Crippen molar-refractivity contribution in [3.63, 3.8) is 0 Å². The molecule has 38 heavy (non-hydrogen) atoms. The quantitative estimate of drug-likeness (QED) is 0.479. The molecule has 212 valence electrons. The van der Waals surface area contributed by atoms with E-state index in [1.165, 1.54) is 12.8 Å². The highest BCUT2D eigenvalue weighted by Gasteiger charge is 2.69. The highest BCUT2D eigenvalue weighted by atomic mass is 16.7. The molecule has 1 aliphatic heterocycles. The van der Waals surface area contributed by atoms with E-state index in [0.29, 0.717) is 23.3 Å². The summed E-state index contributed by atoms with van der Waals surface area (Å²) in [6.45, 7) is 12.4. The molecular formula is C29H44N2O7. The number of methoxy groups -OCH3 is 2. The molecule has 1 saturated heterocycles. The lowest BCUT2D eigenvalue weighted by Gasteiger charge is -2.39. The van der Waals surface area contributed by atoms with Crippen molar-refractivity contribution in [2.24, 2.45) is 22.7 Å². The number of amides is 2. The summed E-state index contributed by atoms with van der Waals surface area (Å²) in [5, 5.41) is 5.37. The third kappa shape index (κ3) is 5.45. The molecule has 1 heterocycles. The van der Waals surface area contributed by atoms with E-state index in [1.807, 2.05) is 18.2 Å². The van der Waals surface area contributed by atoms with Crippen molar-refractivity contribution < 1.29 is 33.3 Å². The fourth-order valence-electron chi connectivity index (χ4n) is 6.81. The van der Waals surface area contributed by atoms with Crippen molar-refractivity contribution in [1.82, 2.24) is 10.6 Å². The summed E-state index contributed by atoms with van der Waals surface area (Å²) in [5.74, 6) is 2.01. The summed E-state index contributed by atoms with van der Waals surface area (Å²) in [4.78, 5) is 24.6. The molecule has 3 aliphatic rings. The number of hydrogen-bond donors (Lipinski definition) is 2. The van der Waals surface area contributed by atoms with Crippen molar-refractivity contribution >= 4 is 12.0 Å². The highest BCUT2D eigenvalue weighted by Crippen LogP contribution is 2.71. The van der Waals surface area contributed by atoms with Crippen LogP contribution in [-0.4, -0.2) is 57.3 Å². The monoisotopic (exact) mass is 532 g/mol. The van der Waals surface area contributed by atoms with Gasteiger partial charge in [0.15, 0.2) is 6.29 Å². The topological polar surface area (TPSA) is 104 Å². The first-order chi connectivity index (χ1) is 17.8. The lowest BCUT2D eigenvalue weighted by molar-refractivity contribution is -0.187. The van der Waals surface area contributed by atoms with Gasteiger partial charge in [0, 0.05) is 18.5 Å². The molecule has 9 nitrogen and oxygen atoms in total. The van der Waals surface area contributed by atoms with Crippen LogP contribution in [0.4, 0.5) is 4.79 Å². The van der Waals surface area contributed by atoms with Gasteiger partial charge in [-0.15, -0.1) is 0 Å². The molecule has 0 radical (unpaired) electrons. The maximum Gasteiger partial charge on any atom is 0.408 e. The Morgan fingerprint density at radius 2 is 1.87 bits per heavy atom. The van der Waals surface area contributed by atoms with Gasteiger partial charge in [0.25, 0.3) is 0 Å². The Balaban J connectivity index is 1.46. The standard InChI is InChI=1S/C29H44N2O7/c1-27(2,3)38-26(33)31-16-23(32)30-15-22(19-13-17(34-7)9-10-21(19)35-8)36-24-14-18-20-11-12-29(6,25(18)37-24)28(20,4)5/h9-10,13,18,20,22,24-25H,11-12,14-16H2,1-8H3,(H,30,32)(H,31,33)/t18-,20+,22+,24-,25-,29-/m0/s1. The lowest BCUT2D eigenvalue weighted by atomic mass is 9.70. The second-order valence-electron chi connectivity index (χ2n) is 12.6. The van der Waals surface area contributed by atoms with Crippen LogP contribution in [0.15, 0.2) is 18.2 Å². The van der Waals surface area contributed by atoms with Crippen LogP contribution >= 0.6 is 0 Å². The number of nitrogens with one attached hydrogen (secondary N) is 2. The molecule has 2 aliphatic carbocycles. The molecule has 2 saturated carbocycles. The molecule has 0 unspecified atom stereocenters. The third-order valence-electron chi connectivity index (χ3n) is 9.05. The Kier molecular flexibility index (Phi) is 7.92. The number of ether oxygens (including phenoxy) is 5. The maximum atomic E-state index is 12.6. The Hall–Kier alpha value is -2.52. The van der Waals surface area contributed by atoms with Gasteiger partial charge in [-0.05, 0) is 74.5 Å². The number of carbonyl (C=O) groups is 2. The Morgan fingerprint density at radius 1 is 1.13 bits per heavy atom. The molecule has 0 spiro atoms. The van der Waals surface area contributed by atoms with Crippen LogP contribution < -0.4 is 20.1 Å². The molecular weight excluding hydrogens is 488 g/mol. The molecule has 9 heteroatoms. The second-order valence-corrected chi connectivity index (χ2v) is 12.6. The van der Waals surface area contributed by atoms with E-state index >= 15 is 0 Å². The van der Waals surface area contributed by atoms with Gasteiger partial charge in [-0.25, -0.2) is 4.79 Å². The fraction of sp³-hybridized carbons (Fsp3) is 0.724. The average molecular weight is 533 g/mol. The average Bonchev–Trinajstić information content (AvgIpc) is 3.42. The van der Waals surface area contributed by atoms with Crippen LogP contribution in [0.2, 0.25) is 0 Å². The maximum absolute atomic E-state index is 12.6. The molecule has 2 N–H and O–H groups in total. The first kappa shape index (κ1) is 28.5. The summed E-state index contributed by atoms with van der Waals surface area (Å²) in [7, 11) is 3.20. The second kappa shape index (κ2) is 10.6. The SMILES string of the molecule is COc1ccc(OC)c([C@@H](CNC(=O)CNC(=O)OC(C)(C)C)O[C@@H]2C[C@H]3[C@H]4CC[C@@](C)([C@H]3O2)C4(C)C)c1. The van der Waals surface area contributed by atoms with E-state index in [0.717, 1.165) is 12.0 Å². The van der Waals surface area contributed by atoms with Gasteiger partial charge in [0.2, 0.25) is 5.91 Å². The van der Waals surface area contributed by atoms with Gasteiger partial charge in [-0.2, -0.15) is 0 Å². The van der Waals surface area contributed by atoms with Crippen LogP contribution in [0, 0.1) is 22.7 Å². The van der Waals surface area contributed by atoms with Gasteiger partial charge in [0.05, 0.1) is 26.9 Å². The summed E-state index contributed by atoms with van der Waals surface area (Å²) >= 11 is 0. The predicted octanol–water partition coefficient (Wildman–Crippen LogP) is 4.59. The number of carbonyl (C=O) groups excluding carboxylic acids is 2. The summed E-state index contributed by atoms with van der Waals surface area (Å²) in [6, 6.07) is 5.50. The number of benzene rings is 1. The van der Waals surface area contributed by atoms with Crippen molar-refractivity contribution in [3.05, 3.63) is 23.8 Å². The number of hydrogen-bond acceptors (Lipinski definition) is 7. The van der Waals surface area contributed by atoms with Gasteiger partial charge in [-0.1, -0.05) is 20.8 Å². The fourth-order valence-corrected chi connectivity index (χ4v) is 6.81. The van der Waals surface area contributed by atoms with Crippen molar-refractivity contribution in [2.75, 3.05) is 27.3 Å². The summed E-state index contributed by atoms with van der Waals surface area (Å²) in [5.41, 5.74) is 0.485. The van der Waals surface area contributed by atoms with E-state index in [2.05, 4.69) is 31.4 Å². The van der Waals surface area contributed by atoms with Crippen LogP contribution in [0.1, 0.15) is 72.5 Å². The Bertz CT molecular complexity index is 1040. The molecule has 2 bridgehead atoms. The van der Waals surface area contributed by atoms with E-state index in [4.69, 9.17) is 23.7 Å². The van der Waals surface area contributed by atoms with Crippen molar-refractivity contribution in [1.29, 1.82) is 0 Å². The number of alkyl carbamates (subject to hydrolysis) is 1. The minimum absolute atomic E-state index is 0.130. The summed E-state index contributed by atoms with van der Waals surface area (Å²) < 4.78 is 29.4. The minimum atomic E-state index is -0.646. The van der Waals surface area contributed by atoms with E-state index in [1.54, 1.807) is 35.0 Å². The van der Waals surface area contributed by atoms with Crippen LogP contribution in [-0.2, 0) is 19.0 Å². The molecule has 6 atom stereocenters. The van der Waals surface area contributed by atoms with Gasteiger partial charge in [-0.3, -0.25) is 4.79 Å². The van der Waals surface area contributed by atoms with Gasteiger partial charge < -0.3 is 34.3 Å². The van der Waals surface area contributed by atoms with Crippen molar-refractivity contribution in [2.45, 2.75) is 84.9 Å². The first-order valence-corrected chi connectivity index (χ1v) is 13.6.